The highest BCUT2D eigenvalue weighted by Gasteiger charge is 2.18. The molecule has 0 unspecified atom stereocenters. The zero-order valence-corrected chi connectivity index (χ0v) is 9.37. The van der Waals surface area contributed by atoms with Crippen molar-refractivity contribution in [1.82, 2.24) is 0 Å². The summed E-state index contributed by atoms with van der Waals surface area (Å²) < 4.78 is 0. The van der Waals surface area contributed by atoms with Crippen molar-refractivity contribution in [2.24, 2.45) is 0 Å². The van der Waals surface area contributed by atoms with E-state index in [1.807, 2.05) is 12.1 Å². The maximum atomic E-state index is 11.2. The standard InChI is InChI=1S/C12H16N2O/c1-8(2)14(3)10-4-5-11-9(6-10)7-12(15)13-11/h4-6,8H,7H2,1-3H3,(H,13,15). The highest BCUT2D eigenvalue weighted by atomic mass is 16.1. The second kappa shape index (κ2) is 3.57. The zero-order chi connectivity index (χ0) is 11.0. The van der Waals surface area contributed by atoms with E-state index in [4.69, 9.17) is 0 Å². The maximum absolute atomic E-state index is 11.2. The van der Waals surface area contributed by atoms with Gasteiger partial charge in [-0.15, -0.1) is 0 Å². The van der Waals surface area contributed by atoms with Gasteiger partial charge in [0.05, 0.1) is 6.42 Å². The van der Waals surface area contributed by atoms with E-state index in [0.29, 0.717) is 12.5 Å². The van der Waals surface area contributed by atoms with E-state index >= 15 is 0 Å². The van der Waals surface area contributed by atoms with Gasteiger partial charge < -0.3 is 10.2 Å². The van der Waals surface area contributed by atoms with Crippen molar-refractivity contribution in [2.75, 3.05) is 17.3 Å². The Morgan fingerprint density at radius 2 is 2.13 bits per heavy atom. The molecule has 1 aromatic carbocycles. The van der Waals surface area contributed by atoms with Crippen molar-refractivity contribution in [3.8, 4) is 0 Å². The molecule has 0 atom stereocenters. The maximum Gasteiger partial charge on any atom is 0.228 e. The van der Waals surface area contributed by atoms with Crippen molar-refractivity contribution in [1.29, 1.82) is 0 Å². The summed E-state index contributed by atoms with van der Waals surface area (Å²) in [5.74, 6) is 0.0920. The number of amides is 1. The zero-order valence-electron chi connectivity index (χ0n) is 9.37. The molecule has 80 valence electrons. The van der Waals surface area contributed by atoms with E-state index in [1.54, 1.807) is 0 Å². The summed E-state index contributed by atoms with van der Waals surface area (Å²) in [6.45, 7) is 4.30. The molecule has 0 bridgehead atoms. The van der Waals surface area contributed by atoms with E-state index in [2.05, 4.69) is 37.2 Å². The molecule has 1 N–H and O–H groups in total. The first kappa shape index (κ1) is 10.0. The average molecular weight is 204 g/mol. The van der Waals surface area contributed by atoms with Crippen molar-refractivity contribution < 1.29 is 4.79 Å². The normalized spacial score (nSPS) is 14.0. The van der Waals surface area contributed by atoms with E-state index < -0.39 is 0 Å². The minimum atomic E-state index is 0.0920. The second-order valence-corrected chi connectivity index (χ2v) is 4.27. The highest BCUT2D eigenvalue weighted by molar-refractivity contribution is 5.99. The summed E-state index contributed by atoms with van der Waals surface area (Å²) in [6, 6.07) is 6.58. The van der Waals surface area contributed by atoms with Gasteiger partial charge in [0.25, 0.3) is 0 Å². The Hall–Kier alpha value is -1.51. The molecule has 1 aliphatic heterocycles. The van der Waals surface area contributed by atoms with Gasteiger partial charge in [0.15, 0.2) is 0 Å². The SMILES string of the molecule is CC(C)N(C)c1ccc2c(c1)CC(=O)N2. The average Bonchev–Trinajstić information content (AvgIpc) is 2.55. The molecule has 2 rings (SSSR count). The van der Waals surface area contributed by atoms with E-state index in [9.17, 15) is 4.79 Å². The van der Waals surface area contributed by atoms with E-state index in [-0.39, 0.29) is 5.91 Å². The number of benzene rings is 1. The van der Waals surface area contributed by atoms with Crippen molar-refractivity contribution >= 4 is 17.3 Å². The van der Waals surface area contributed by atoms with Gasteiger partial charge in [0.2, 0.25) is 5.91 Å². The van der Waals surface area contributed by atoms with Gasteiger partial charge in [-0.2, -0.15) is 0 Å². The molecular formula is C12H16N2O. The van der Waals surface area contributed by atoms with Gasteiger partial charge in [0.1, 0.15) is 0 Å². The number of nitrogens with zero attached hydrogens (tertiary/aromatic N) is 1. The monoisotopic (exact) mass is 204 g/mol. The molecule has 0 aliphatic carbocycles. The lowest BCUT2D eigenvalue weighted by Crippen LogP contribution is -2.25. The fourth-order valence-corrected chi connectivity index (χ4v) is 1.73. The Balaban J connectivity index is 2.31. The molecule has 3 heteroatoms. The number of carbonyl (C=O) groups is 1. The summed E-state index contributed by atoms with van der Waals surface area (Å²) >= 11 is 0. The Morgan fingerprint density at radius 1 is 1.40 bits per heavy atom. The molecule has 3 nitrogen and oxygen atoms in total. The predicted molar refractivity (Wildman–Crippen MR) is 62.3 cm³/mol. The van der Waals surface area contributed by atoms with Gasteiger partial charge in [-0.1, -0.05) is 0 Å². The van der Waals surface area contributed by atoms with Crippen LogP contribution < -0.4 is 10.2 Å². The van der Waals surface area contributed by atoms with Crippen LogP contribution in [0.25, 0.3) is 0 Å². The molecule has 1 amide bonds. The van der Waals surface area contributed by atoms with Gasteiger partial charge in [-0.25, -0.2) is 0 Å². The summed E-state index contributed by atoms with van der Waals surface area (Å²) in [5.41, 5.74) is 3.23. The third kappa shape index (κ3) is 1.82. The first-order valence-electron chi connectivity index (χ1n) is 5.23. The van der Waals surface area contributed by atoms with Crippen LogP contribution in [-0.2, 0) is 11.2 Å². The number of rotatable bonds is 2. The minimum absolute atomic E-state index is 0.0920. The molecule has 0 radical (unpaired) electrons. The van der Waals surface area contributed by atoms with Crippen molar-refractivity contribution in [3.05, 3.63) is 23.8 Å². The summed E-state index contributed by atoms with van der Waals surface area (Å²) in [7, 11) is 2.07. The smallest absolute Gasteiger partial charge is 0.228 e. The summed E-state index contributed by atoms with van der Waals surface area (Å²) in [5, 5.41) is 2.84. The molecule has 1 aromatic rings. The van der Waals surface area contributed by atoms with Crippen LogP contribution in [0.1, 0.15) is 19.4 Å². The number of fused-ring (bicyclic) bond motifs is 1. The lowest BCUT2D eigenvalue weighted by molar-refractivity contribution is -0.115. The van der Waals surface area contributed by atoms with Crippen molar-refractivity contribution in [3.63, 3.8) is 0 Å². The lowest BCUT2D eigenvalue weighted by atomic mass is 10.1. The topological polar surface area (TPSA) is 32.3 Å². The predicted octanol–water partition coefficient (Wildman–Crippen LogP) is 2.03. The number of nitrogens with one attached hydrogen (secondary N) is 1. The molecule has 1 heterocycles. The van der Waals surface area contributed by atoms with Gasteiger partial charge in [-0.3, -0.25) is 4.79 Å². The van der Waals surface area contributed by atoms with Crippen LogP contribution in [-0.4, -0.2) is 19.0 Å². The van der Waals surface area contributed by atoms with Gasteiger partial charge in [0, 0.05) is 24.5 Å². The number of hydrogen-bond acceptors (Lipinski definition) is 2. The van der Waals surface area contributed by atoms with Crippen LogP contribution in [0, 0.1) is 0 Å². The Kier molecular flexibility index (Phi) is 2.39. The fourth-order valence-electron chi connectivity index (χ4n) is 1.73. The van der Waals surface area contributed by atoms with E-state index in [0.717, 1.165) is 11.3 Å². The Morgan fingerprint density at radius 3 is 2.80 bits per heavy atom. The Bertz CT molecular complexity index is 399. The van der Waals surface area contributed by atoms with Gasteiger partial charge in [-0.05, 0) is 37.6 Å². The second-order valence-electron chi connectivity index (χ2n) is 4.27. The molecule has 1 aliphatic rings. The van der Waals surface area contributed by atoms with Crippen LogP contribution >= 0.6 is 0 Å². The van der Waals surface area contributed by atoms with Crippen LogP contribution in [0.2, 0.25) is 0 Å². The largest absolute Gasteiger partial charge is 0.372 e. The molecule has 0 saturated heterocycles. The number of carbonyl (C=O) groups excluding carboxylic acids is 1. The Labute approximate surface area is 90.1 Å². The molecule has 0 spiro atoms. The van der Waals surface area contributed by atoms with Crippen molar-refractivity contribution in [2.45, 2.75) is 26.3 Å². The molecule has 15 heavy (non-hydrogen) atoms. The number of hydrogen-bond donors (Lipinski definition) is 1. The highest BCUT2D eigenvalue weighted by Crippen LogP contribution is 2.27. The van der Waals surface area contributed by atoms with Crippen LogP contribution in [0.5, 0.6) is 0 Å². The third-order valence-electron chi connectivity index (χ3n) is 2.90. The van der Waals surface area contributed by atoms with Crippen LogP contribution in [0.4, 0.5) is 11.4 Å². The molecule has 0 aromatic heterocycles. The fraction of sp³-hybridized carbons (Fsp3) is 0.417. The molecular weight excluding hydrogens is 188 g/mol. The summed E-state index contributed by atoms with van der Waals surface area (Å²) in [6.07, 6.45) is 0.509. The number of anilines is 2. The van der Waals surface area contributed by atoms with Crippen LogP contribution in [0.15, 0.2) is 18.2 Å². The lowest BCUT2D eigenvalue weighted by Gasteiger charge is -2.24. The molecule has 0 saturated carbocycles. The first-order chi connectivity index (χ1) is 7.08. The molecule has 0 fully saturated rings. The quantitative estimate of drug-likeness (QED) is 0.799. The minimum Gasteiger partial charge on any atom is -0.372 e. The first-order valence-corrected chi connectivity index (χ1v) is 5.23. The van der Waals surface area contributed by atoms with Crippen LogP contribution in [0.3, 0.4) is 0 Å². The van der Waals surface area contributed by atoms with Gasteiger partial charge >= 0.3 is 0 Å². The third-order valence-corrected chi connectivity index (χ3v) is 2.90. The van der Waals surface area contributed by atoms with E-state index in [1.165, 1.54) is 5.69 Å². The summed E-state index contributed by atoms with van der Waals surface area (Å²) in [4.78, 5) is 13.4.